The van der Waals surface area contributed by atoms with Crippen LogP contribution in [0.15, 0.2) is 224 Å². The van der Waals surface area contributed by atoms with Gasteiger partial charge in [-0.1, -0.05) is 152 Å². The van der Waals surface area contributed by atoms with Gasteiger partial charge in [-0.3, -0.25) is 0 Å². The Bertz CT molecular complexity index is 4150. The molecule has 0 N–H and O–H groups in total. The lowest BCUT2D eigenvalue weighted by Gasteiger charge is -2.21. The summed E-state index contributed by atoms with van der Waals surface area (Å²) in [6.45, 7) is 0. The summed E-state index contributed by atoms with van der Waals surface area (Å²) in [6.07, 6.45) is 0. The maximum Gasteiger partial charge on any atom is 0.101 e. The molecule has 0 aliphatic carbocycles. The summed E-state index contributed by atoms with van der Waals surface area (Å²) in [5.41, 5.74) is 16.9. The summed E-state index contributed by atoms with van der Waals surface area (Å²) in [5, 5.41) is 27.0. The Labute approximate surface area is 386 Å². The molecular formula is C62H37N5. The summed E-state index contributed by atoms with van der Waals surface area (Å²) in [6, 6.07) is 84.2. The van der Waals surface area contributed by atoms with Crippen molar-refractivity contribution in [2.24, 2.45) is 0 Å². The van der Waals surface area contributed by atoms with Gasteiger partial charge in [-0.2, -0.15) is 10.5 Å². The first-order valence-corrected chi connectivity index (χ1v) is 22.5. The third-order valence-corrected chi connectivity index (χ3v) is 13.5. The van der Waals surface area contributed by atoms with E-state index in [9.17, 15) is 10.5 Å². The third kappa shape index (κ3) is 5.73. The van der Waals surface area contributed by atoms with Gasteiger partial charge < -0.3 is 13.7 Å². The van der Waals surface area contributed by atoms with Gasteiger partial charge in [0.25, 0.3) is 0 Å². The minimum Gasteiger partial charge on any atom is -0.309 e. The summed E-state index contributed by atoms with van der Waals surface area (Å²) >= 11 is 0. The minimum atomic E-state index is 0.359. The van der Waals surface area contributed by atoms with Gasteiger partial charge in [0.2, 0.25) is 0 Å². The molecule has 0 aliphatic heterocycles. The molecule has 310 valence electrons. The van der Waals surface area contributed by atoms with Crippen LogP contribution in [0.2, 0.25) is 0 Å². The van der Waals surface area contributed by atoms with Crippen LogP contribution in [0.25, 0.3) is 116 Å². The molecule has 0 unspecified atom stereocenters. The normalized spacial score (nSPS) is 11.6. The summed E-state index contributed by atoms with van der Waals surface area (Å²) in [7, 11) is 0. The second-order valence-electron chi connectivity index (χ2n) is 17.0. The van der Waals surface area contributed by atoms with Crippen molar-refractivity contribution < 1.29 is 0 Å². The van der Waals surface area contributed by atoms with Gasteiger partial charge in [0.15, 0.2) is 0 Å². The number of aromatic nitrogens is 3. The van der Waals surface area contributed by atoms with E-state index in [1.54, 1.807) is 6.07 Å². The van der Waals surface area contributed by atoms with Crippen LogP contribution in [0.1, 0.15) is 11.1 Å². The van der Waals surface area contributed by atoms with Gasteiger partial charge >= 0.3 is 0 Å². The number of para-hydroxylation sites is 6. The third-order valence-electron chi connectivity index (χ3n) is 13.5. The number of nitrogens with zero attached hydrogens (tertiary/aromatic N) is 5. The number of hydrogen-bond acceptors (Lipinski definition) is 2. The first kappa shape index (κ1) is 38.1. The summed E-state index contributed by atoms with van der Waals surface area (Å²) < 4.78 is 7.29. The van der Waals surface area contributed by atoms with E-state index in [4.69, 9.17) is 0 Å². The van der Waals surface area contributed by atoms with Gasteiger partial charge in [-0.05, 0) is 95.1 Å². The molecular weight excluding hydrogens is 815 g/mol. The van der Waals surface area contributed by atoms with Gasteiger partial charge in [0.1, 0.15) is 12.1 Å². The van der Waals surface area contributed by atoms with Crippen LogP contribution in [-0.4, -0.2) is 13.7 Å². The molecule has 0 fully saturated rings. The topological polar surface area (TPSA) is 62.4 Å². The van der Waals surface area contributed by atoms with Crippen LogP contribution in [0.3, 0.4) is 0 Å². The van der Waals surface area contributed by atoms with Crippen molar-refractivity contribution in [3.05, 3.63) is 236 Å². The Kier molecular flexibility index (Phi) is 8.58. The van der Waals surface area contributed by atoms with Crippen molar-refractivity contribution in [1.82, 2.24) is 13.7 Å². The summed E-state index contributed by atoms with van der Waals surface area (Å²) in [5.74, 6) is 0. The minimum absolute atomic E-state index is 0.359. The van der Waals surface area contributed by atoms with Gasteiger partial charge in [0, 0.05) is 43.4 Å². The maximum absolute atomic E-state index is 10.0. The predicted octanol–water partition coefficient (Wildman–Crippen LogP) is 15.7. The molecule has 0 amide bonds. The van der Waals surface area contributed by atoms with E-state index < -0.39 is 0 Å². The maximum atomic E-state index is 10.0. The van der Waals surface area contributed by atoms with Crippen molar-refractivity contribution in [2.45, 2.75) is 0 Å². The Morgan fingerprint density at radius 2 is 0.701 bits per heavy atom. The van der Waals surface area contributed by atoms with E-state index in [-0.39, 0.29) is 0 Å². The fourth-order valence-corrected chi connectivity index (χ4v) is 10.7. The Balaban J connectivity index is 1.11. The molecule has 3 aromatic heterocycles. The molecule has 3 heterocycles. The number of benzene rings is 10. The van der Waals surface area contributed by atoms with Crippen molar-refractivity contribution in [1.29, 1.82) is 10.5 Å². The molecule has 0 spiro atoms. The second kappa shape index (κ2) is 15.1. The molecule has 10 aromatic carbocycles. The zero-order valence-corrected chi connectivity index (χ0v) is 36.1. The Hall–Kier alpha value is -9.42. The quantitative estimate of drug-likeness (QED) is 0.167. The van der Waals surface area contributed by atoms with Crippen molar-refractivity contribution in [3.8, 4) is 62.6 Å². The van der Waals surface area contributed by atoms with Gasteiger partial charge in [-0.25, -0.2) is 0 Å². The van der Waals surface area contributed by atoms with Gasteiger partial charge in [0.05, 0.1) is 61.3 Å². The van der Waals surface area contributed by atoms with Crippen LogP contribution in [0, 0.1) is 22.7 Å². The molecule has 0 saturated carbocycles. The molecule has 13 rings (SSSR count). The smallest absolute Gasteiger partial charge is 0.101 e. The molecule has 0 aliphatic rings. The Morgan fingerprint density at radius 3 is 1.33 bits per heavy atom. The van der Waals surface area contributed by atoms with E-state index in [0.29, 0.717) is 11.1 Å². The lowest BCUT2D eigenvalue weighted by molar-refractivity contribution is 1.16. The fraction of sp³-hybridized carbons (Fsp3) is 0. The molecule has 5 heteroatoms. The highest BCUT2D eigenvalue weighted by atomic mass is 15.0. The number of hydrogen-bond donors (Lipinski definition) is 0. The van der Waals surface area contributed by atoms with Crippen molar-refractivity contribution in [2.75, 3.05) is 0 Å². The predicted molar refractivity (Wildman–Crippen MR) is 275 cm³/mol. The number of nitriles is 2. The van der Waals surface area contributed by atoms with E-state index >= 15 is 0 Å². The molecule has 0 bridgehead atoms. The first-order valence-electron chi connectivity index (χ1n) is 22.5. The lowest BCUT2D eigenvalue weighted by atomic mass is 9.90. The van der Waals surface area contributed by atoms with E-state index in [1.165, 1.54) is 43.4 Å². The second-order valence-corrected chi connectivity index (χ2v) is 17.0. The molecule has 5 nitrogen and oxygen atoms in total. The van der Waals surface area contributed by atoms with Gasteiger partial charge in [-0.15, -0.1) is 0 Å². The average molecular weight is 852 g/mol. The highest BCUT2D eigenvalue weighted by molar-refractivity contribution is 6.17. The average Bonchev–Trinajstić information content (AvgIpc) is 4.04. The SMILES string of the molecule is N#Cc1ccc(-c2cccc(-c3c(-c4ccccc4-n4c5ccccc5c5c(-n6c7ccccc7c7ccccc76)cccc54)cccc3-n3c4ccccc4c4ccccc43)c2)cc1C#N. The van der Waals surface area contributed by atoms with Crippen LogP contribution >= 0.6 is 0 Å². The Morgan fingerprint density at radius 1 is 0.284 bits per heavy atom. The number of rotatable bonds is 6. The number of fused-ring (bicyclic) bond motifs is 9. The first-order chi connectivity index (χ1) is 33.2. The molecule has 13 aromatic rings. The highest BCUT2D eigenvalue weighted by Gasteiger charge is 2.24. The van der Waals surface area contributed by atoms with Crippen LogP contribution < -0.4 is 0 Å². The van der Waals surface area contributed by atoms with Crippen LogP contribution in [0.5, 0.6) is 0 Å². The van der Waals surface area contributed by atoms with Crippen LogP contribution in [0.4, 0.5) is 0 Å². The fourth-order valence-electron chi connectivity index (χ4n) is 10.7. The van der Waals surface area contributed by atoms with Crippen molar-refractivity contribution in [3.63, 3.8) is 0 Å². The van der Waals surface area contributed by atoms with E-state index in [0.717, 1.165) is 72.5 Å². The van der Waals surface area contributed by atoms with E-state index in [1.807, 2.05) is 12.1 Å². The molecule has 0 radical (unpaired) electrons. The highest BCUT2D eigenvalue weighted by Crippen LogP contribution is 2.46. The zero-order valence-electron chi connectivity index (χ0n) is 36.1. The lowest BCUT2D eigenvalue weighted by Crippen LogP contribution is -2.02. The van der Waals surface area contributed by atoms with Crippen molar-refractivity contribution >= 4 is 65.4 Å². The monoisotopic (exact) mass is 851 g/mol. The van der Waals surface area contributed by atoms with Crippen LogP contribution in [-0.2, 0) is 0 Å². The molecule has 67 heavy (non-hydrogen) atoms. The zero-order chi connectivity index (χ0) is 44.6. The van der Waals surface area contributed by atoms with E-state index in [2.05, 4.69) is 232 Å². The molecule has 0 atom stereocenters. The largest absolute Gasteiger partial charge is 0.309 e. The molecule has 0 saturated heterocycles. The summed E-state index contributed by atoms with van der Waals surface area (Å²) in [4.78, 5) is 0. The standard InChI is InChI=1S/C62H37N5/c63-38-43-35-34-41(37-44(43)39-64)40-16-13-17-42(36-40)61-50(24-14-31-58(61)65-52-25-7-1-18-45(52)46-19-2-8-26-53(46)65)49-22-5-11-29-56(49)67-57-30-12-6-23-51(57)62-59(32-15-33-60(62)67)66-54-27-9-3-20-47(54)48-21-4-10-28-55(48)66/h1-37H.